The van der Waals surface area contributed by atoms with Gasteiger partial charge in [0, 0.05) is 54.8 Å². The van der Waals surface area contributed by atoms with E-state index in [2.05, 4.69) is 40.7 Å². The van der Waals surface area contributed by atoms with Gasteiger partial charge in [-0.05, 0) is 38.2 Å². The Morgan fingerprint density at radius 3 is 2.78 bits per heavy atom. The Balaban J connectivity index is 0.955. The average Bonchev–Trinajstić information content (AvgIpc) is 3.91. The number of nitrogens with one attached hydrogen (secondary N) is 3. The molecule has 0 bridgehead atoms. The maximum absolute atomic E-state index is 14.4. The van der Waals surface area contributed by atoms with Crippen LogP contribution in [0.3, 0.4) is 0 Å². The van der Waals surface area contributed by atoms with Crippen molar-refractivity contribution in [2.24, 2.45) is 5.92 Å². The number of piperazine rings is 1. The third-order valence-corrected chi connectivity index (χ3v) is 8.83. The molecule has 1 spiro atoms. The van der Waals surface area contributed by atoms with Crippen LogP contribution in [-0.4, -0.2) is 86.2 Å². The second-order valence-electron chi connectivity index (χ2n) is 11.4. The standard InChI is InChI=1S/C28H32FN9O3/c1-41-25-8-18(19(29)14-33-25)20-9-22(36-35-20)27(40)38-6-2-16(11-28(38)3-4-28)26(39)34-15-24-31-12-17(13-32-24)37-7-5-30-21-10-23(21)37/h8-9,12-14,16,21,23,30H,2-7,10-11,15H2,1H3,(H,34,39)(H,35,36)/t16-,21-,23+/m0/s1. The normalized spacial score (nSPS) is 24.1. The number of amides is 2. The van der Waals surface area contributed by atoms with Gasteiger partial charge in [-0.1, -0.05) is 0 Å². The zero-order valence-corrected chi connectivity index (χ0v) is 22.8. The van der Waals surface area contributed by atoms with Gasteiger partial charge in [0.05, 0.1) is 43.6 Å². The van der Waals surface area contributed by atoms with Crippen LogP contribution < -0.4 is 20.3 Å². The van der Waals surface area contributed by atoms with Crippen LogP contribution in [-0.2, 0) is 11.3 Å². The maximum Gasteiger partial charge on any atom is 0.272 e. The summed E-state index contributed by atoms with van der Waals surface area (Å²) in [5, 5.41) is 13.4. The van der Waals surface area contributed by atoms with E-state index in [4.69, 9.17) is 4.74 Å². The summed E-state index contributed by atoms with van der Waals surface area (Å²) in [4.78, 5) is 43.6. The smallest absolute Gasteiger partial charge is 0.272 e. The van der Waals surface area contributed by atoms with Gasteiger partial charge in [0.25, 0.3) is 5.91 Å². The van der Waals surface area contributed by atoms with E-state index < -0.39 is 5.82 Å². The van der Waals surface area contributed by atoms with Gasteiger partial charge in [-0.2, -0.15) is 5.10 Å². The number of carbonyl (C=O) groups excluding carboxylic acids is 2. The van der Waals surface area contributed by atoms with Crippen molar-refractivity contribution in [2.75, 3.05) is 31.6 Å². The van der Waals surface area contributed by atoms with Crippen molar-refractivity contribution in [1.82, 2.24) is 40.7 Å². The molecular formula is C28H32FN9O3. The number of nitrogens with zero attached hydrogens (tertiary/aromatic N) is 6. The van der Waals surface area contributed by atoms with Crippen molar-refractivity contribution in [2.45, 2.75) is 56.3 Å². The SMILES string of the molecule is COc1cc(-c2cc(C(=O)N3CC[C@H](C(=O)NCc4ncc(N5CCN[C@H]6C[C@H]65)cn4)CC34CC4)[nH]n2)c(F)cn1. The van der Waals surface area contributed by atoms with Gasteiger partial charge in [0.1, 0.15) is 11.5 Å². The largest absolute Gasteiger partial charge is 0.481 e. The first-order valence-corrected chi connectivity index (χ1v) is 14.1. The summed E-state index contributed by atoms with van der Waals surface area (Å²) in [7, 11) is 1.45. The number of H-pyrrole nitrogens is 1. The molecule has 3 aromatic heterocycles. The van der Waals surface area contributed by atoms with Crippen LogP contribution in [0.2, 0.25) is 0 Å². The van der Waals surface area contributed by atoms with E-state index >= 15 is 0 Å². The lowest BCUT2D eigenvalue weighted by molar-refractivity contribution is -0.127. The van der Waals surface area contributed by atoms with Crippen LogP contribution in [0.4, 0.5) is 10.1 Å². The molecule has 2 amide bonds. The highest BCUT2D eigenvalue weighted by Gasteiger charge is 2.54. The average molecular weight is 562 g/mol. The number of rotatable bonds is 7. The first kappa shape index (κ1) is 25.8. The lowest BCUT2D eigenvalue weighted by atomic mass is 9.88. The van der Waals surface area contributed by atoms with Crippen LogP contribution in [0.1, 0.15) is 48.4 Å². The molecule has 214 valence electrons. The van der Waals surface area contributed by atoms with Crippen molar-refractivity contribution in [1.29, 1.82) is 0 Å². The second-order valence-corrected chi connectivity index (χ2v) is 11.4. The number of aromatic nitrogens is 5. The minimum absolute atomic E-state index is 0.0371. The molecule has 4 aliphatic rings. The zero-order chi connectivity index (χ0) is 28.1. The Hall–Kier alpha value is -4.13. The fraction of sp³-hybridized carbons (Fsp3) is 0.500. The number of likely N-dealkylation sites (tertiary alicyclic amines) is 1. The first-order valence-electron chi connectivity index (χ1n) is 14.1. The predicted molar refractivity (Wildman–Crippen MR) is 145 cm³/mol. The van der Waals surface area contributed by atoms with Gasteiger partial charge >= 0.3 is 0 Å². The monoisotopic (exact) mass is 561 g/mol. The van der Waals surface area contributed by atoms with E-state index in [1.165, 1.54) is 13.2 Å². The lowest BCUT2D eigenvalue weighted by Crippen LogP contribution is -2.50. The number of halogens is 1. The van der Waals surface area contributed by atoms with E-state index in [1.54, 1.807) is 6.07 Å². The maximum atomic E-state index is 14.4. The Bertz CT molecular complexity index is 1470. The molecule has 5 heterocycles. The number of hydrogen-bond donors (Lipinski definition) is 3. The lowest BCUT2D eigenvalue weighted by Gasteiger charge is -2.39. The highest BCUT2D eigenvalue weighted by atomic mass is 19.1. The van der Waals surface area contributed by atoms with E-state index in [9.17, 15) is 14.0 Å². The number of piperidine rings is 1. The van der Waals surface area contributed by atoms with Crippen molar-refractivity contribution >= 4 is 17.5 Å². The zero-order valence-electron chi connectivity index (χ0n) is 22.8. The highest BCUT2D eigenvalue weighted by Crippen LogP contribution is 2.50. The molecule has 0 aromatic carbocycles. The Labute approximate surface area is 236 Å². The number of carbonyl (C=O) groups is 2. The van der Waals surface area contributed by atoms with E-state index in [-0.39, 0.29) is 47.0 Å². The summed E-state index contributed by atoms with van der Waals surface area (Å²) in [6.07, 6.45) is 8.77. The van der Waals surface area contributed by atoms with Crippen LogP contribution in [0, 0.1) is 11.7 Å². The molecule has 13 heteroatoms. The quantitative estimate of drug-likeness (QED) is 0.393. The molecule has 0 radical (unpaired) electrons. The molecule has 2 saturated heterocycles. The van der Waals surface area contributed by atoms with Crippen molar-refractivity contribution in [3.63, 3.8) is 0 Å². The molecule has 2 aliphatic carbocycles. The van der Waals surface area contributed by atoms with Crippen molar-refractivity contribution < 1.29 is 18.7 Å². The molecule has 3 aromatic rings. The summed E-state index contributed by atoms with van der Waals surface area (Å²) in [6.45, 7) is 2.64. The van der Waals surface area contributed by atoms with E-state index in [0.29, 0.717) is 43.0 Å². The van der Waals surface area contributed by atoms with Crippen molar-refractivity contribution in [3.8, 4) is 17.1 Å². The minimum Gasteiger partial charge on any atom is -0.481 e. The molecule has 7 rings (SSSR count). The van der Waals surface area contributed by atoms with Gasteiger partial charge < -0.3 is 25.2 Å². The fourth-order valence-corrected chi connectivity index (χ4v) is 6.29. The number of hydrogen-bond acceptors (Lipinski definition) is 9. The second kappa shape index (κ2) is 10.1. The number of ether oxygens (including phenoxy) is 1. The molecule has 2 saturated carbocycles. The summed E-state index contributed by atoms with van der Waals surface area (Å²) >= 11 is 0. The third kappa shape index (κ3) is 4.88. The summed E-state index contributed by atoms with van der Waals surface area (Å²) in [5.41, 5.74) is 1.46. The minimum atomic E-state index is -0.556. The molecular weight excluding hydrogens is 529 g/mol. The molecule has 4 fully saturated rings. The number of fused-ring (bicyclic) bond motifs is 1. The fourth-order valence-electron chi connectivity index (χ4n) is 6.29. The molecule has 3 atom stereocenters. The van der Waals surface area contributed by atoms with Crippen LogP contribution in [0.5, 0.6) is 5.88 Å². The molecule has 2 aliphatic heterocycles. The van der Waals surface area contributed by atoms with Crippen LogP contribution >= 0.6 is 0 Å². The third-order valence-electron chi connectivity index (χ3n) is 8.83. The number of methoxy groups -OCH3 is 1. The molecule has 3 N–H and O–H groups in total. The number of pyridine rings is 1. The Morgan fingerprint density at radius 2 is 2.00 bits per heavy atom. The number of aromatic amines is 1. The van der Waals surface area contributed by atoms with Crippen molar-refractivity contribution in [3.05, 3.63) is 48.1 Å². The van der Waals surface area contributed by atoms with Gasteiger partial charge in [-0.3, -0.25) is 14.7 Å². The topological polar surface area (TPSA) is 141 Å². The van der Waals surface area contributed by atoms with Crippen LogP contribution in [0.25, 0.3) is 11.3 Å². The molecule has 0 unspecified atom stereocenters. The molecule has 12 nitrogen and oxygen atoms in total. The predicted octanol–water partition coefficient (Wildman–Crippen LogP) is 1.66. The Kier molecular flexibility index (Phi) is 6.33. The summed E-state index contributed by atoms with van der Waals surface area (Å²) in [5.74, 6) is -0.147. The van der Waals surface area contributed by atoms with Gasteiger partial charge in [0.15, 0.2) is 5.82 Å². The summed E-state index contributed by atoms with van der Waals surface area (Å²) in [6, 6.07) is 4.11. The van der Waals surface area contributed by atoms with Crippen LogP contribution in [0.15, 0.2) is 30.7 Å². The first-order chi connectivity index (χ1) is 19.9. The van der Waals surface area contributed by atoms with Gasteiger partial charge in [-0.15, -0.1) is 0 Å². The molecule has 41 heavy (non-hydrogen) atoms. The van der Waals surface area contributed by atoms with E-state index in [1.807, 2.05) is 17.3 Å². The number of anilines is 1. The highest BCUT2D eigenvalue weighted by molar-refractivity contribution is 5.94. The van der Waals surface area contributed by atoms with Gasteiger partial charge in [-0.25, -0.2) is 19.3 Å². The van der Waals surface area contributed by atoms with E-state index in [0.717, 1.165) is 44.2 Å². The summed E-state index contributed by atoms with van der Waals surface area (Å²) < 4.78 is 19.5. The van der Waals surface area contributed by atoms with Gasteiger partial charge in [0.2, 0.25) is 11.8 Å². The Morgan fingerprint density at radius 1 is 1.17 bits per heavy atom.